The number of amides is 1. The first-order chi connectivity index (χ1) is 9.56. The Morgan fingerprint density at radius 2 is 1.86 bits per heavy atom. The first-order valence-corrected chi connectivity index (χ1v) is 8.19. The summed E-state index contributed by atoms with van der Waals surface area (Å²) in [5.74, 6) is 0.839. The van der Waals surface area contributed by atoms with Gasteiger partial charge >= 0.3 is 0 Å². The van der Waals surface area contributed by atoms with Crippen LogP contribution in [0.4, 0.5) is 0 Å². The zero-order chi connectivity index (χ0) is 15.0. The van der Waals surface area contributed by atoms with Gasteiger partial charge in [-0.25, -0.2) is 0 Å². The van der Waals surface area contributed by atoms with Crippen molar-refractivity contribution in [1.82, 2.24) is 10.2 Å². The first kappa shape index (κ1) is 23.8. The summed E-state index contributed by atoms with van der Waals surface area (Å²) < 4.78 is 0. The minimum absolute atomic E-state index is 0. The number of hydrogen-bond acceptors (Lipinski definition) is 4. The zero-order valence-corrected chi connectivity index (χ0v) is 15.8. The lowest BCUT2D eigenvalue weighted by Crippen LogP contribution is -2.44. The molecule has 0 fully saturated rings. The topological polar surface area (TPSA) is 58.4 Å². The van der Waals surface area contributed by atoms with Gasteiger partial charge in [-0.05, 0) is 38.1 Å². The highest BCUT2D eigenvalue weighted by molar-refractivity contribution is 7.98. The molecule has 0 saturated heterocycles. The second-order valence-corrected chi connectivity index (χ2v) is 6.01. The highest BCUT2D eigenvalue weighted by atomic mass is 35.5. The van der Waals surface area contributed by atoms with Crippen molar-refractivity contribution < 1.29 is 4.79 Å². The maximum absolute atomic E-state index is 11.9. The average molecular weight is 368 g/mol. The standard InChI is InChI=1S/C15H25N3OS.2ClH/c1-18(2)14(12-7-5-4-6-8-12)11-17-15(19)13(16)9-10-20-3;;/h4-8,13-14H,9-11,16H2,1-3H3,(H,17,19);2*1H/t13-,14?;;/m0../s1. The van der Waals surface area contributed by atoms with Crippen LogP contribution in [0.1, 0.15) is 18.0 Å². The normalized spacial score (nSPS) is 12.8. The van der Waals surface area contributed by atoms with Crippen molar-refractivity contribution in [3.8, 4) is 0 Å². The Hall–Kier alpha value is -0.460. The van der Waals surface area contributed by atoms with Gasteiger partial charge in [0.25, 0.3) is 0 Å². The number of thioether (sulfide) groups is 1. The number of nitrogens with two attached hydrogens (primary N) is 1. The number of carbonyl (C=O) groups is 1. The van der Waals surface area contributed by atoms with E-state index in [-0.39, 0.29) is 36.8 Å². The molecule has 0 aliphatic rings. The Kier molecular flexibility index (Phi) is 14.1. The van der Waals surface area contributed by atoms with Crippen molar-refractivity contribution in [3.63, 3.8) is 0 Å². The van der Waals surface area contributed by atoms with Gasteiger partial charge in [0.05, 0.1) is 12.1 Å². The van der Waals surface area contributed by atoms with Crippen LogP contribution in [0.5, 0.6) is 0 Å². The van der Waals surface area contributed by atoms with Crippen LogP contribution < -0.4 is 11.1 Å². The van der Waals surface area contributed by atoms with Gasteiger partial charge in [-0.15, -0.1) is 24.8 Å². The predicted octanol–water partition coefficient (Wildman–Crippen LogP) is 2.33. The predicted molar refractivity (Wildman–Crippen MR) is 101 cm³/mol. The Balaban J connectivity index is 0. The maximum atomic E-state index is 11.9. The molecular weight excluding hydrogens is 341 g/mol. The van der Waals surface area contributed by atoms with Crippen molar-refractivity contribution in [3.05, 3.63) is 35.9 Å². The van der Waals surface area contributed by atoms with Gasteiger partial charge in [0.2, 0.25) is 5.91 Å². The van der Waals surface area contributed by atoms with E-state index in [9.17, 15) is 4.79 Å². The van der Waals surface area contributed by atoms with Crippen molar-refractivity contribution in [2.75, 3.05) is 32.6 Å². The van der Waals surface area contributed by atoms with E-state index < -0.39 is 6.04 Å². The maximum Gasteiger partial charge on any atom is 0.237 e. The fourth-order valence-corrected chi connectivity index (χ4v) is 2.47. The highest BCUT2D eigenvalue weighted by Crippen LogP contribution is 2.16. The molecule has 1 amide bonds. The molecule has 1 aromatic carbocycles. The summed E-state index contributed by atoms with van der Waals surface area (Å²) in [7, 11) is 4.02. The summed E-state index contributed by atoms with van der Waals surface area (Å²) >= 11 is 1.71. The van der Waals surface area contributed by atoms with Crippen LogP contribution in [0.15, 0.2) is 30.3 Å². The van der Waals surface area contributed by atoms with E-state index in [4.69, 9.17) is 5.73 Å². The fourth-order valence-electron chi connectivity index (χ4n) is 1.98. The van der Waals surface area contributed by atoms with Gasteiger partial charge in [0.15, 0.2) is 0 Å². The third-order valence-electron chi connectivity index (χ3n) is 3.25. The number of hydrogen-bond donors (Lipinski definition) is 2. The van der Waals surface area contributed by atoms with Gasteiger partial charge in [0, 0.05) is 6.54 Å². The van der Waals surface area contributed by atoms with Crippen LogP contribution in [0.25, 0.3) is 0 Å². The van der Waals surface area contributed by atoms with E-state index in [1.807, 2.05) is 38.6 Å². The second kappa shape index (κ2) is 13.0. The van der Waals surface area contributed by atoms with E-state index in [1.165, 1.54) is 5.56 Å². The molecule has 0 spiro atoms. The molecule has 1 unspecified atom stereocenters. The van der Waals surface area contributed by atoms with Crippen LogP contribution >= 0.6 is 36.6 Å². The zero-order valence-electron chi connectivity index (χ0n) is 13.3. The molecule has 3 N–H and O–H groups in total. The molecule has 0 aromatic heterocycles. The number of benzene rings is 1. The monoisotopic (exact) mass is 367 g/mol. The third kappa shape index (κ3) is 8.25. The lowest BCUT2D eigenvalue weighted by atomic mass is 10.1. The van der Waals surface area contributed by atoms with Gasteiger partial charge in [-0.2, -0.15) is 11.8 Å². The molecule has 0 heterocycles. The van der Waals surface area contributed by atoms with Gasteiger partial charge in [0.1, 0.15) is 0 Å². The Bertz CT molecular complexity index is 407. The number of rotatable bonds is 8. The largest absolute Gasteiger partial charge is 0.353 e. The van der Waals surface area contributed by atoms with Crippen molar-refractivity contribution in [2.24, 2.45) is 5.73 Å². The van der Waals surface area contributed by atoms with Gasteiger partial charge in [-0.3, -0.25) is 4.79 Å². The molecule has 1 aromatic rings. The fraction of sp³-hybridized carbons (Fsp3) is 0.533. The van der Waals surface area contributed by atoms with E-state index in [0.29, 0.717) is 13.0 Å². The molecule has 22 heavy (non-hydrogen) atoms. The summed E-state index contributed by atoms with van der Waals surface area (Å²) in [6, 6.07) is 9.91. The van der Waals surface area contributed by atoms with Crippen molar-refractivity contribution >= 4 is 42.5 Å². The highest BCUT2D eigenvalue weighted by Gasteiger charge is 2.17. The minimum atomic E-state index is -0.416. The van der Waals surface area contributed by atoms with Gasteiger partial charge < -0.3 is 16.0 Å². The number of nitrogens with zero attached hydrogens (tertiary/aromatic N) is 1. The summed E-state index contributed by atoms with van der Waals surface area (Å²) in [5.41, 5.74) is 7.06. The van der Waals surface area contributed by atoms with Crippen molar-refractivity contribution in [1.29, 1.82) is 0 Å². The molecule has 0 saturated carbocycles. The Labute approximate surface area is 150 Å². The molecular formula is C15H27Cl2N3OS. The Morgan fingerprint density at radius 3 is 2.36 bits per heavy atom. The molecule has 7 heteroatoms. The van der Waals surface area contributed by atoms with E-state index in [2.05, 4.69) is 22.3 Å². The third-order valence-corrected chi connectivity index (χ3v) is 3.89. The van der Waals surface area contributed by atoms with E-state index in [1.54, 1.807) is 11.8 Å². The van der Waals surface area contributed by atoms with Crippen molar-refractivity contribution in [2.45, 2.75) is 18.5 Å². The number of halogens is 2. The molecule has 4 nitrogen and oxygen atoms in total. The van der Waals surface area contributed by atoms with E-state index in [0.717, 1.165) is 5.75 Å². The Morgan fingerprint density at radius 1 is 1.27 bits per heavy atom. The van der Waals surface area contributed by atoms with Crippen LogP contribution in [0.2, 0.25) is 0 Å². The molecule has 1 rings (SSSR count). The molecule has 0 aliphatic carbocycles. The van der Waals surface area contributed by atoms with Gasteiger partial charge in [-0.1, -0.05) is 30.3 Å². The lowest BCUT2D eigenvalue weighted by Gasteiger charge is -2.25. The second-order valence-electron chi connectivity index (χ2n) is 5.02. The van der Waals surface area contributed by atoms with E-state index >= 15 is 0 Å². The molecule has 128 valence electrons. The number of nitrogens with one attached hydrogen (secondary N) is 1. The lowest BCUT2D eigenvalue weighted by molar-refractivity contribution is -0.122. The SMILES string of the molecule is CSCC[C@H](N)C(=O)NCC(c1ccccc1)N(C)C.Cl.Cl. The van der Waals surface area contributed by atoms with Crippen LogP contribution in [0.3, 0.4) is 0 Å². The van der Waals surface area contributed by atoms with Crippen LogP contribution in [-0.2, 0) is 4.79 Å². The molecule has 0 bridgehead atoms. The molecule has 2 atom stereocenters. The number of likely N-dealkylation sites (N-methyl/N-ethyl adjacent to an activating group) is 1. The summed E-state index contributed by atoms with van der Waals surface area (Å²) in [6.07, 6.45) is 2.73. The molecule has 0 radical (unpaired) electrons. The quantitative estimate of drug-likeness (QED) is 0.740. The summed E-state index contributed by atoms with van der Waals surface area (Å²) in [5, 5.41) is 2.96. The van der Waals surface area contributed by atoms with Crippen LogP contribution in [-0.4, -0.2) is 49.5 Å². The summed E-state index contributed by atoms with van der Waals surface area (Å²) in [6.45, 7) is 0.572. The van der Waals surface area contributed by atoms with Crippen LogP contribution in [0, 0.1) is 0 Å². The smallest absolute Gasteiger partial charge is 0.237 e. The first-order valence-electron chi connectivity index (χ1n) is 6.80. The number of carbonyl (C=O) groups excluding carboxylic acids is 1. The minimum Gasteiger partial charge on any atom is -0.353 e. The molecule has 0 aliphatic heterocycles. The average Bonchev–Trinajstić information content (AvgIpc) is 2.45. The summed E-state index contributed by atoms with van der Waals surface area (Å²) in [4.78, 5) is 14.0.